The minimum absolute atomic E-state index is 0.214. The van der Waals surface area contributed by atoms with Crippen molar-refractivity contribution < 1.29 is 9.53 Å². The molecule has 6 heteroatoms. The molecular weight excluding hydrogens is 374 g/mol. The Balaban J connectivity index is 1.63. The van der Waals surface area contributed by atoms with E-state index < -0.39 is 0 Å². The maximum Gasteiger partial charge on any atom is 0.238 e. The first-order chi connectivity index (χ1) is 13.5. The van der Waals surface area contributed by atoms with E-state index in [9.17, 15) is 4.79 Å². The molecule has 0 spiro atoms. The SMILES string of the molecule is Cc1c(C)n(Cc2cccc(Cl)c2)c2c(OCCN3CCCC3=O)nccc12. The highest BCUT2D eigenvalue weighted by Crippen LogP contribution is 2.31. The van der Waals surface area contributed by atoms with E-state index in [-0.39, 0.29) is 5.91 Å². The van der Waals surface area contributed by atoms with Crippen molar-refractivity contribution in [3.63, 3.8) is 0 Å². The highest BCUT2D eigenvalue weighted by molar-refractivity contribution is 6.30. The molecule has 3 heterocycles. The number of aryl methyl sites for hydroxylation is 1. The summed E-state index contributed by atoms with van der Waals surface area (Å²) < 4.78 is 8.28. The predicted octanol–water partition coefficient (Wildman–Crippen LogP) is 4.36. The monoisotopic (exact) mass is 397 g/mol. The first-order valence-electron chi connectivity index (χ1n) is 9.64. The standard InChI is InChI=1S/C22H24ClN3O2/c1-15-16(2)26(14-17-5-3-6-18(23)13-17)21-19(15)8-9-24-22(21)28-12-11-25-10-4-7-20(25)27/h3,5-6,8-9,13H,4,7,10-12,14H2,1-2H3. The van der Waals surface area contributed by atoms with Gasteiger partial charge in [-0.3, -0.25) is 4.79 Å². The Morgan fingerprint density at radius 2 is 2.11 bits per heavy atom. The third-order valence-electron chi connectivity index (χ3n) is 5.51. The van der Waals surface area contributed by atoms with Crippen LogP contribution in [-0.4, -0.2) is 40.1 Å². The van der Waals surface area contributed by atoms with Crippen LogP contribution in [0.3, 0.4) is 0 Å². The summed E-state index contributed by atoms with van der Waals surface area (Å²) in [5.41, 5.74) is 4.52. The minimum atomic E-state index is 0.214. The number of fused-ring (bicyclic) bond motifs is 1. The van der Waals surface area contributed by atoms with Crippen molar-refractivity contribution in [2.75, 3.05) is 19.7 Å². The molecule has 0 N–H and O–H groups in total. The molecule has 1 amide bonds. The van der Waals surface area contributed by atoms with Crippen LogP contribution >= 0.6 is 11.6 Å². The van der Waals surface area contributed by atoms with Crippen molar-refractivity contribution >= 4 is 28.4 Å². The summed E-state index contributed by atoms with van der Waals surface area (Å²) in [7, 11) is 0. The molecule has 1 fully saturated rings. The van der Waals surface area contributed by atoms with Crippen molar-refractivity contribution in [1.82, 2.24) is 14.5 Å². The number of ether oxygens (including phenoxy) is 1. The lowest BCUT2D eigenvalue weighted by Gasteiger charge is -2.16. The molecule has 5 nitrogen and oxygen atoms in total. The molecule has 1 aromatic carbocycles. The summed E-state index contributed by atoms with van der Waals surface area (Å²) >= 11 is 6.17. The number of carbonyl (C=O) groups excluding carboxylic acids is 1. The number of hydrogen-bond acceptors (Lipinski definition) is 3. The van der Waals surface area contributed by atoms with Gasteiger partial charge in [0.1, 0.15) is 12.1 Å². The van der Waals surface area contributed by atoms with Gasteiger partial charge in [0, 0.05) is 41.8 Å². The molecule has 0 saturated carbocycles. The maximum absolute atomic E-state index is 11.8. The van der Waals surface area contributed by atoms with Crippen molar-refractivity contribution in [1.29, 1.82) is 0 Å². The largest absolute Gasteiger partial charge is 0.474 e. The van der Waals surface area contributed by atoms with E-state index in [1.807, 2.05) is 29.2 Å². The molecule has 4 rings (SSSR count). The Morgan fingerprint density at radius 1 is 1.25 bits per heavy atom. The van der Waals surface area contributed by atoms with Gasteiger partial charge in [-0.05, 0) is 49.6 Å². The number of aromatic nitrogens is 2. The maximum atomic E-state index is 11.8. The second-order valence-electron chi connectivity index (χ2n) is 7.27. The van der Waals surface area contributed by atoms with Gasteiger partial charge in [-0.15, -0.1) is 0 Å². The quantitative estimate of drug-likeness (QED) is 0.621. The lowest BCUT2D eigenvalue weighted by molar-refractivity contribution is -0.128. The van der Waals surface area contributed by atoms with E-state index in [2.05, 4.69) is 29.5 Å². The molecule has 0 unspecified atom stereocenters. The highest BCUT2D eigenvalue weighted by Gasteiger charge is 2.21. The molecule has 28 heavy (non-hydrogen) atoms. The average Bonchev–Trinajstić information content (AvgIpc) is 3.19. The Morgan fingerprint density at radius 3 is 2.86 bits per heavy atom. The molecule has 3 aromatic rings. The fourth-order valence-electron chi connectivity index (χ4n) is 3.88. The van der Waals surface area contributed by atoms with Gasteiger partial charge in [0.25, 0.3) is 0 Å². The number of carbonyl (C=O) groups is 1. The minimum Gasteiger partial charge on any atom is -0.474 e. The highest BCUT2D eigenvalue weighted by atomic mass is 35.5. The van der Waals surface area contributed by atoms with Crippen LogP contribution in [0.25, 0.3) is 10.9 Å². The van der Waals surface area contributed by atoms with Gasteiger partial charge in [0.15, 0.2) is 0 Å². The Hall–Kier alpha value is -2.53. The summed E-state index contributed by atoms with van der Waals surface area (Å²) in [5.74, 6) is 0.827. The van der Waals surface area contributed by atoms with Crippen LogP contribution in [0.4, 0.5) is 0 Å². The number of hydrogen-bond donors (Lipinski definition) is 0. The second-order valence-corrected chi connectivity index (χ2v) is 7.71. The van der Waals surface area contributed by atoms with Gasteiger partial charge in [-0.1, -0.05) is 23.7 Å². The first kappa shape index (κ1) is 18.8. The molecule has 0 atom stereocenters. The van der Waals surface area contributed by atoms with Gasteiger partial charge < -0.3 is 14.2 Å². The summed E-state index contributed by atoms with van der Waals surface area (Å²) in [6.07, 6.45) is 3.37. The molecule has 1 aliphatic rings. The topological polar surface area (TPSA) is 47.4 Å². The second kappa shape index (κ2) is 7.84. The number of amides is 1. The molecular formula is C22H24ClN3O2. The average molecular weight is 398 g/mol. The van der Waals surface area contributed by atoms with E-state index in [1.165, 1.54) is 11.3 Å². The van der Waals surface area contributed by atoms with Gasteiger partial charge in [0.2, 0.25) is 11.8 Å². The smallest absolute Gasteiger partial charge is 0.238 e. The molecule has 2 aromatic heterocycles. The lowest BCUT2D eigenvalue weighted by Crippen LogP contribution is -2.29. The zero-order chi connectivity index (χ0) is 19.7. The molecule has 0 bridgehead atoms. The Labute approximate surface area is 169 Å². The van der Waals surface area contributed by atoms with Gasteiger partial charge >= 0.3 is 0 Å². The van der Waals surface area contributed by atoms with Crippen molar-refractivity contribution in [3.8, 4) is 5.88 Å². The number of halogens is 1. The summed E-state index contributed by atoms with van der Waals surface area (Å²) in [5, 5.41) is 1.87. The molecule has 0 aliphatic carbocycles. The van der Waals surface area contributed by atoms with E-state index in [1.54, 1.807) is 6.20 Å². The molecule has 1 aliphatic heterocycles. The zero-order valence-electron chi connectivity index (χ0n) is 16.2. The van der Waals surface area contributed by atoms with Gasteiger partial charge in [-0.2, -0.15) is 0 Å². The van der Waals surface area contributed by atoms with Gasteiger partial charge in [0.05, 0.1) is 6.54 Å². The van der Waals surface area contributed by atoms with Crippen molar-refractivity contribution in [2.45, 2.75) is 33.2 Å². The Kier molecular flexibility index (Phi) is 5.27. The fourth-order valence-corrected chi connectivity index (χ4v) is 4.09. The van der Waals surface area contributed by atoms with E-state index >= 15 is 0 Å². The number of pyridine rings is 1. The number of rotatable bonds is 6. The molecule has 0 radical (unpaired) electrons. The van der Waals surface area contributed by atoms with Crippen LogP contribution in [0.15, 0.2) is 36.5 Å². The summed E-state index contributed by atoms with van der Waals surface area (Å²) in [6.45, 7) is 6.81. The third-order valence-corrected chi connectivity index (χ3v) is 5.75. The van der Waals surface area contributed by atoms with E-state index in [4.69, 9.17) is 16.3 Å². The summed E-state index contributed by atoms with van der Waals surface area (Å²) in [4.78, 5) is 18.2. The van der Waals surface area contributed by atoms with Crippen LogP contribution in [0.5, 0.6) is 5.88 Å². The van der Waals surface area contributed by atoms with Crippen LogP contribution in [0, 0.1) is 13.8 Å². The normalized spacial score (nSPS) is 14.2. The summed E-state index contributed by atoms with van der Waals surface area (Å²) in [6, 6.07) is 9.93. The van der Waals surface area contributed by atoms with Gasteiger partial charge in [-0.25, -0.2) is 4.98 Å². The predicted molar refractivity (Wildman–Crippen MR) is 111 cm³/mol. The van der Waals surface area contributed by atoms with Crippen molar-refractivity contribution in [3.05, 3.63) is 58.4 Å². The van der Waals surface area contributed by atoms with Crippen LogP contribution < -0.4 is 4.74 Å². The Bertz CT molecular complexity index is 1030. The lowest BCUT2D eigenvalue weighted by atomic mass is 10.2. The van der Waals surface area contributed by atoms with E-state index in [0.29, 0.717) is 32.0 Å². The number of likely N-dealkylation sites (tertiary alicyclic amines) is 1. The fraction of sp³-hybridized carbons (Fsp3) is 0.364. The van der Waals surface area contributed by atoms with Crippen molar-refractivity contribution in [2.24, 2.45) is 0 Å². The first-order valence-corrected chi connectivity index (χ1v) is 10.0. The molecule has 146 valence electrons. The van der Waals surface area contributed by atoms with Crippen LogP contribution in [0.1, 0.15) is 29.7 Å². The zero-order valence-corrected chi connectivity index (χ0v) is 17.0. The number of nitrogens with zero attached hydrogens (tertiary/aromatic N) is 3. The van der Waals surface area contributed by atoms with Crippen LogP contribution in [0.2, 0.25) is 5.02 Å². The third kappa shape index (κ3) is 3.59. The van der Waals surface area contributed by atoms with E-state index in [0.717, 1.165) is 34.5 Å². The number of benzene rings is 1. The molecule has 1 saturated heterocycles. The van der Waals surface area contributed by atoms with Crippen LogP contribution in [-0.2, 0) is 11.3 Å².